The lowest BCUT2D eigenvalue weighted by atomic mass is 10.2. The molecule has 2 atom stereocenters. The first-order valence-electron chi connectivity index (χ1n) is 5.69. The quantitative estimate of drug-likeness (QED) is 0.830. The molecule has 0 aromatic heterocycles. The summed E-state index contributed by atoms with van der Waals surface area (Å²) < 4.78 is 45.8. The van der Waals surface area contributed by atoms with Gasteiger partial charge in [-0.25, -0.2) is 17.5 Å². The van der Waals surface area contributed by atoms with E-state index in [2.05, 4.69) is 4.72 Å². The van der Waals surface area contributed by atoms with E-state index in [4.69, 9.17) is 22.1 Å². The maximum Gasteiger partial charge on any atom is 0.243 e. The lowest BCUT2D eigenvalue weighted by Crippen LogP contribution is -2.39. The minimum absolute atomic E-state index is 0.0648. The number of sulfonamides is 1. The second kappa shape index (κ2) is 5.24. The summed E-state index contributed by atoms with van der Waals surface area (Å²) in [5.74, 6) is -0.997. The molecule has 1 heterocycles. The van der Waals surface area contributed by atoms with Crippen molar-refractivity contribution in [2.75, 3.05) is 12.3 Å². The van der Waals surface area contributed by atoms with Gasteiger partial charge in [0.2, 0.25) is 10.0 Å². The van der Waals surface area contributed by atoms with Crippen molar-refractivity contribution in [2.45, 2.75) is 30.4 Å². The van der Waals surface area contributed by atoms with E-state index in [0.717, 1.165) is 12.1 Å². The minimum atomic E-state index is -4.02. The summed E-state index contributed by atoms with van der Waals surface area (Å²) in [7, 11) is -4.02. The fraction of sp³-hybridized carbons (Fsp3) is 0.455. The fourth-order valence-electron chi connectivity index (χ4n) is 1.93. The van der Waals surface area contributed by atoms with Gasteiger partial charge < -0.3 is 10.5 Å². The summed E-state index contributed by atoms with van der Waals surface area (Å²) in [4.78, 5) is -0.545. The first-order chi connectivity index (χ1) is 8.81. The Kier molecular flexibility index (Phi) is 4.00. The van der Waals surface area contributed by atoms with Crippen LogP contribution in [0.2, 0.25) is 5.02 Å². The zero-order valence-electron chi connectivity index (χ0n) is 10.2. The third-order valence-corrected chi connectivity index (χ3v) is 4.71. The molecule has 1 aromatic carbocycles. The number of anilines is 1. The topological polar surface area (TPSA) is 81.4 Å². The van der Waals surface area contributed by atoms with Crippen molar-refractivity contribution in [3.63, 3.8) is 0 Å². The maximum atomic E-state index is 13.8. The van der Waals surface area contributed by atoms with Gasteiger partial charge in [-0.05, 0) is 25.5 Å². The third kappa shape index (κ3) is 3.00. The lowest BCUT2D eigenvalue weighted by Gasteiger charge is -2.17. The number of ether oxygens (including phenoxy) is 1. The Bertz CT molecular complexity index is 594. The molecule has 19 heavy (non-hydrogen) atoms. The third-order valence-electron chi connectivity index (χ3n) is 3.00. The smallest absolute Gasteiger partial charge is 0.243 e. The van der Waals surface area contributed by atoms with Gasteiger partial charge in [0.1, 0.15) is 4.90 Å². The molecule has 2 rings (SSSR count). The second-order valence-corrected chi connectivity index (χ2v) is 6.52. The van der Waals surface area contributed by atoms with Crippen LogP contribution in [0.3, 0.4) is 0 Å². The number of hydrogen-bond acceptors (Lipinski definition) is 4. The lowest BCUT2D eigenvalue weighted by molar-refractivity contribution is 0.117. The number of nitrogens with one attached hydrogen (secondary N) is 1. The van der Waals surface area contributed by atoms with Crippen LogP contribution in [0.5, 0.6) is 0 Å². The van der Waals surface area contributed by atoms with Crippen LogP contribution >= 0.6 is 11.6 Å². The van der Waals surface area contributed by atoms with E-state index < -0.39 is 20.7 Å². The van der Waals surface area contributed by atoms with E-state index in [-0.39, 0.29) is 22.9 Å². The van der Waals surface area contributed by atoms with Crippen molar-refractivity contribution < 1.29 is 17.5 Å². The summed E-state index contributed by atoms with van der Waals surface area (Å²) in [6.07, 6.45) is 0.285. The van der Waals surface area contributed by atoms with Crippen molar-refractivity contribution in [1.29, 1.82) is 0 Å². The Labute approximate surface area is 115 Å². The Hall–Kier alpha value is -0.890. The first kappa shape index (κ1) is 14.5. The molecule has 1 saturated heterocycles. The molecule has 1 aliphatic heterocycles. The molecule has 8 heteroatoms. The molecule has 106 valence electrons. The molecule has 0 saturated carbocycles. The van der Waals surface area contributed by atoms with Crippen LogP contribution in [0.25, 0.3) is 0 Å². The molecule has 0 radical (unpaired) electrons. The highest BCUT2D eigenvalue weighted by molar-refractivity contribution is 7.89. The van der Waals surface area contributed by atoms with E-state index in [1.54, 1.807) is 6.92 Å². The van der Waals surface area contributed by atoms with Crippen LogP contribution < -0.4 is 10.5 Å². The number of halogens is 2. The van der Waals surface area contributed by atoms with Crippen molar-refractivity contribution >= 4 is 27.3 Å². The van der Waals surface area contributed by atoms with E-state index in [1.807, 2.05) is 0 Å². The molecule has 1 fully saturated rings. The molecule has 1 aromatic rings. The molecule has 0 amide bonds. The average molecular weight is 309 g/mol. The van der Waals surface area contributed by atoms with Crippen LogP contribution in [0.15, 0.2) is 17.0 Å². The van der Waals surface area contributed by atoms with Crippen molar-refractivity contribution in [3.8, 4) is 0 Å². The van der Waals surface area contributed by atoms with Gasteiger partial charge in [0, 0.05) is 11.6 Å². The zero-order chi connectivity index (χ0) is 14.2. The summed E-state index contributed by atoms with van der Waals surface area (Å²) in [5, 5.41) is 0.0648. The van der Waals surface area contributed by atoms with Gasteiger partial charge in [0.15, 0.2) is 5.82 Å². The SMILES string of the molecule is CC1OCCC1NS(=O)(=O)c1cc(Cl)cc(N)c1F. The molecular weight excluding hydrogens is 295 g/mol. The van der Waals surface area contributed by atoms with Crippen molar-refractivity contribution in [2.24, 2.45) is 0 Å². The summed E-state index contributed by atoms with van der Waals surface area (Å²) in [6, 6.07) is 1.82. The van der Waals surface area contributed by atoms with Gasteiger partial charge in [-0.1, -0.05) is 11.6 Å². The normalized spacial score (nSPS) is 23.7. The van der Waals surface area contributed by atoms with E-state index in [0.29, 0.717) is 13.0 Å². The molecule has 1 aliphatic rings. The molecule has 2 unspecified atom stereocenters. The van der Waals surface area contributed by atoms with Gasteiger partial charge in [0.05, 0.1) is 17.8 Å². The van der Waals surface area contributed by atoms with Crippen LogP contribution in [-0.4, -0.2) is 27.2 Å². The van der Waals surface area contributed by atoms with E-state index in [1.165, 1.54) is 0 Å². The Morgan fingerprint density at radius 2 is 2.21 bits per heavy atom. The van der Waals surface area contributed by atoms with Crippen LogP contribution in [0.1, 0.15) is 13.3 Å². The zero-order valence-corrected chi connectivity index (χ0v) is 11.8. The molecule has 3 N–H and O–H groups in total. The molecule has 0 bridgehead atoms. The van der Waals surface area contributed by atoms with Gasteiger partial charge in [-0.15, -0.1) is 0 Å². The minimum Gasteiger partial charge on any atom is -0.396 e. The highest BCUT2D eigenvalue weighted by Crippen LogP contribution is 2.26. The Balaban J connectivity index is 2.34. The number of nitrogen functional groups attached to an aromatic ring is 1. The monoisotopic (exact) mass is 308 g/mol. The van der Waals surface area contributed by atoms with Gasteiger partial charge in [-0.2, -0.15) is 0 Å². The van der Waals surface area contributed by atoms with E-state index >= 15 is 0 Å². The number of benzene rings is 1. The average Bonchev–Trinajstić information content (AvgIpc) is 2.69. The van der Waals surface area contributed by atoms with Crippen molar-refractivity contribution in [3.05, 3.63) is 23.0 Å². The van der Waals surface area contributed by atoms with Crippen LogP contribution in [0, 0.1) is 5.82 Å². The summed E-state index contributed by atoms with van der Waals surface area (Å²) in [6.45, 7) is 2.22. The Morgan fingerprint density at radius 3 is 2.79 bits per heavy atom. The largest absolute Gasteiger partial charge is 0.396 e. The number of hydrogen-bond donors (Lipinski definition) is 2. The van der Waals surface area contributed by atoms with Crippen molar-refractivity contribution in [1.82, 2.24) is 4.72 Å². The summed E-state index contributed by atoms with van der Waals surface area (Å²) >= 11 is 5.71. The highest BCUT2D eigenvalue weighted by Gasteiger charge is 2.31. The second-order valence-electron chi connectivity index (χ2n) is 4.40. The predicted molar refractivity (Wildman–Crippen MR) is 70.0 cm³/mol. The fourth-order valence-corrected chi connectivity index (χ4v) is 3.69. The molecule has 0 spiro atoms. The van der Waals surface area contributed by atoms with Gasteiger partial charge in [-0.3, -0.25) is 0 Å². The number of rotatable bonds is 3. The molecular formula is C11H14ClFN2O3S. The van der Waals surface area contributed by atoms with E-state index in [9.17, 15) is 12.8 Å². The molecule has 5 nitrogen and oxygen atoms in total. The van der Waals surface area contributed by atoms with Crippen LogP contribution in [0.4, 0.5) is 10.1 Å². The molecule has 0 aliphatic carbocycles. The Morgan fingerprint density at radius 1 is 1.53 bits per heavy atom. The predicted octanol–water partition coefficient (Wildman–Crippen LogP) is 1.52. The first-order valence-corrected chi connectivity index (χ1v) is 7.56. The summed E-state index contributed by atoms with van der Waals surface area (Å²) in [5.41, 5.74) is 5.08. The highest BCUT2D eigenvalue weighted by atomic mass is 35.5. The van der Waals surface area contributed by atoms with Crippen LogP contribution in [-0.2, 0) is 14.8 Å². The van der Waals surface area contributed by atoms with Gasteiger partial charge in [0.25, 0.3) is 0 Å². The van der Waals surface area contributed by atoms with Gasteiger partial charge >= 0.3 is 0 Å². The number of nitrogens with two attached hydrogens (primary N) is 1. The maximum absolute atomic E-state index is 13.8. The standard InChI is InChI=1S/C11H14ClFN2O3S/c1-6-9(2-3-18-6)15-19(16,17)10-5-7(12)4-8(14)11(10)13/h4-6,9,15H,2-3,14H2,1H3.